The Hall–Kier alpha value is -0.560. The number of hydrogen-bond donors (Lipinski definition) is 1. The highest BCUT2D eigenvalue weighted by Crippen LogP contribution is 2.32. The number of esters is 1. The Morgan fingerprint density at radius 3 is 2.65 bits per heavy atom. The molecule has 17 heavy (non-hydrogen) atoms. The molecule has 0 saturated heterocycles. The Labute approximate surface area is 112 Å². The first-order valence-corrected chi connectivity index (χ1v) is 6.44. The molecule has 94 valence electrons. The van der Waals surface area contributed by atoms with Gasteiger partial charge >= 0.3 is 5.97 Å². The molecule has 0 radical (unpaired) electrons. The van der Waals surface area contributed by atoms with Gasteiger partial charge in [-0.3, -0.25) is 4.79 Å². The van der Waals surface area contributed by atoms with Crippen molar-refractivity contribution in [2.75, 3.05) is 12.4 Å². The van der Waals surface area contributed by atoms with Gasteiger partial charge in [-0.25, -0.2) is 0 Å². The van der Waals surface area contributed by atoms with Gasteiger partial charge < -0.3 is 9.84 Å². The highest BCUT2D eigenvalue weighted by atomic mass is 35.5. The van der Waals surface area contributed by atoms with E-state index in [1.54, 1.807) is 6.92 Å². The number of halogens is 2. The Balaban J connectivity index is 2.82. The Morgan fingerprint density at radius 1 is 1.41 bits per heavy atom. The molecule has 0 aliphatic carbocycles. The van der Waals surface area contributed by atoms with Crippen LogP contribution in [0.3, 0.4) is 0 Å². The first kappa shape index (κ1) is 14.5. The van der Waals surface area contributed by atoms with Crippen LogP contribution in [-0.4, -0.2) is 33.6 Å². The van der Waals surface area contributed by atoms with Crippen molar-refractivity contribution in [1.29, 1.82) is 0 Å². The molecular formula is C9H10Cl2N2O3S. The predicted octanol–water partition coefficient (Wildman–Crippen LogP) is 1.93. The molecule has 0 fully saturated rings. The molecule has 1 aromatic rings. The van der Waals surface area contributed by atoms with Gasteiger partial charge in [-0.05, 0) is 6.92 Å². The number of aromatic nitrogens is 2. The van der Waals surface area contributed by atoms with E-state index in [1.165, 1.54) is 0 Å². The molecule has 0 aromatic carbocycles. The fraction of sp³-hybridized carbons (Fsp3) is 0.444. The zero-order valence-corrected chi connectivity index (χ0v) is 11.3. The highest BCUT2D eigenvalue weighted by Gasteiger charge is 2.15. The average molecular weight is 297 g/mol. The number of hydrogen-bond acceptors (Lipinski definition) is 6. The van der Waals surface area contributed by atoms with Gasteiger partial charge in [-0.15, -0.1) is 22.0 Å². The van der Waals surface area contributed by atoms with E-state index < -0.39 is 0 Å². The molecule has 1 aromatic heterocycles. The highest BCUT2D eigenvalue weighted by molar-refractivity contribution is 8.00. The van der Waals surface area contributed by atoms with Crippen molar-refractivity contribution in [1.82, 2.24) is 10.2 Å². The molecule has 5 nitrogen and oxygen atoms in total. The van der Waals surface area contributed by atoms with Gasteiger partial charge in [0, 0.05) is 5.56 Å². The van der Waals surface area contributed by atoms with E-state index in [1.807, 2.05) is 0 Å². The van der Waals surface area contributed by atoms with Crippen molar-refractivity contribution in [3.8, 4) is 0 Å². The van der Waals surface area contributed by atoms with Gasteiger partial charge in [0.05, 0.1) is 23.9 Å². The van der Waals surface area contributed by atoms with E-state index in [-0.39, 0.29) is 28.6 Å². The minimum absolute atomic E-state index is 0.0720. The van der Waals surface area contributed by atoms with E-state index in [2.05, 4.69) is 10.2 Å². The van der Waals surface area contributed by atoms with Crippen LogP contribution in [-0.2, 0) is 16.1 Å². The summed E-state index contributed by atoms with van der Waals surface area (Å²) in [4.78, 5) is 11.6. The second-order valence-electron chi connectivity index (χ2n) is 2.84. The molecule has 0 aliphatic heterocycles. The number of ether oxygens (including phenoxy) is 1. The minimum Gasteiger partial charge on any atom is -0.465 e. The lowest BCUT2D eigenvalue weighted by Crippen LogP contribution is -2.07. The van der Waals surface area contributed by atoms with E-state index in [0.29, 0.717) is 17.1 Å². The van der Waals surface area contributed by atoms with Crippen LogP contribution >= 0.6 is 35.0 Å². The van der Waals surface area contributed by atoms with Crippen molar-refractivity contribution in [3.63, 3.8) is 0 Å². The second-order valence-corrected chi connectivity index (χ2v) is 4.54. The van der Waals surface area contributed by atoms with Crippen molar-refractivity contribution in [2.24, 2.45) is 0 Å². The number of aliphatic hydroxyl groups excluding tert-OH is 1. The zero-order chi connectivity index (χ0) is 12.8. The Kier molecular flexibility index (Phi) is 5.97. The van der Waals surface area contributed by atoms with E-state index >= 15 is 0 Å². The third kappa shape index (κ3) is 3.99. The second kappa shape index (κ2) is 7.00. The van der Waals surface area contributed by atoms with Gasteiger partial charge in [0.2, 0.25) is 0 Å². The lowest BCUT2D eigenvalue weighted by molar-refractivity contribution is -0.139. The maximum atomic E-state index is 11.2. The number of carbonyl (C=O) groups is 1. The van der Waals surface area contributed by atoms with E-state index in [4.69, 9.17) is 33.0 Å². The van der Waals surface area contributed by atoms with Crippen molar-refractivity contribution < 1.29 is 14.6 Å². The quantitative estimate of drug-likeness (QED) is 0.661. The molecule has 0 atom stereocenters. The summed E-state index contributed by atoms with van der Waals surface area (Å²) in [6.45, 7) is 1.72. The molecule has 1 heterocycles. The number of aliphatic hydroxyl groups is 1. The van der Waals surface area contributed by atoms with Crippen LogP contribution in [0.2, 0.25) is 10.3 Å². The summed E-state index contributed by atoms with van der Waals surface area (Å²) < 4.78 is 4.77. The molecule has 0 bridgehead atoms. The smallest absolute Gasteiger partial charge is 0.316 e. The van der Waals surface area contributed by atoms with Crippen LogP contribution < -0.4 is 0 Å². The van der Waals surface area contributed by atoms with Gasteiger partial charge in [0.25, 0.3) is 0 Å². The third-order valence-electron chi connectivity index (χ3n) is 1.73. The van der Waals surface area contributed by atoms with Crippen molar-refractivity contribution in [3.05, 3.63) is 15.9 Å². The number of nitrogens with zero attached hydrogens (tertiary/aromatic N) is 2. The summed E-state index contributed by atoms with van der Waals surface area (Å²) >= 11 is 12.7. The zero-order valence-electron chi connectivity index (χ0n) is 8.94. The molecule has 1 N–H and O–H groups in total. The number of carbonyl (C=O) groups excluding carboxylic acids is 1. The van der Waals surface area contributed by atoms with E-state index in [9.17, 15) is 4.79 Å². The Bertz CT molecular complexity index is 417. The lowest BCUT2D eigenvalue weighted by atomic mass is 10.3. The van der Waals surface area contributed by atoms with Crippen LogP contribution in [0.4, 0.5) is 0 Å². The molecule has 0 spiro atoms. The summed E-state index contributed by atoms with van der Waals surface area (Å²) in [5, 5.41) is 16.5. The van der Waals surface area contributed by atoms with Crippen molar-refractivity contribution in [2.45, 2.75) is 18.4 Å². The average Bonchev–Trinajstić information content (AvgIpc) is 2.30. The summed E-state index contributed by atoms with van der Waals surface area (Å²) in [6, 6.07) is 0. The SMILES string of the molecule is CCOC(=O)CSc1c(Cl)nnc(Cl)c1CO. The maximum Gasteiger partial charge on any atom is 0.316 e. The lowest BCUT2D eigenvalue weighted by Gasteiger charge is -2.08. The van der Waals surface area contributed by atoms with Gasteiger partial charge in [-0.2, -0.15) is 0 Å². The molecule has 0 amide bonds. The maximum absolute atomic E-state index is 11.2. The number of rotatable bonds is 5. The molecule has 1 rings (SSSR count). The summed E-state index contributed by atoms with van der Waals surface area (Å²) in [6.07, 6.45) is 0. The minimum atomic E-state index is -0.370. The predicted molar refractivity (Wildman–Crippen MR) is 65.3 cm³/mol. The molecule has 0 unspecified atom stereocenters. The number of thioether (sulfide) groups is 1. The summed E-state index contributed by atoms with van der Waals surface area (Å²) in [5.74, 6) is -0.298. The van der Waals surface area contributed by atoms with Crippen LogP contribution in [0, 0.1) is 0 Å². The molecule has 0 saturated carbocycles. The molecular weight excluding hydrogens is 287 g/mol. The topological polar surface area (TPSA) is 72.3 Å². The van der Waals surface area contributed by atoms with Gasteiger partial charge in [0.1, 0.15) is 0 Å². The standard InChI is InChI=1S/C9H10Cl2N2O3S/c1-2-16-6(15)4-17-7-5(3-14)8(10)12-13-9(7)11/h14H,2-4H2,1H3. The first-order valence-electron chi connectivity index (χ1n) is 4.70. The van der Waals surface area contributed by atoms with Gasteiger partial charge in [0.15, 0.2) is 10.3 Å². The van der Waals surface area contributed by atoms with Crippen LogP contribution in [0.1, 0.15) is 12.5 Å². The summed E-state index contributed by atoms with van der Waals surface area (Å²) in [5.41, 5.74) is 0.362. The third-order valence-corrected chi connectivity index (χ3v) is 3.52. The van der Waals surface area contributed by atoms with Gasteiger partial charge in [-0.1, -0.05) is 23.2 Å². The van der Waals surface area contributed by atoms with Crippen LogP contribution in [0.25, 0.3) is 0 Å². The van der Waals surface area contributed by atoms with E-state index in [0.717, 1.165) is 11.8 Å². The normalized spacial score (nSPS) is 10.4. The van der Waals surface area contributed by atoms with Crippen LogP contribution in [0.5, 0.6) is 0 Å². The van der Waals surface area contributed by atoms with Crippen molar-refractivity contribution >= 4 is 40.9 Å². The molecule has 8 heteroatoms. The molecule has 0 aliphatic rings. The largest absolute Gasteiger partial charge is 0.465 e. The Morgan fingerprint density at radius 2 is 2.06 bits per heavy atom. The monoisotopic (exact) mass is 296 g/mol. The first-order chi connectivity index (χ1) is 8.10. The fourth-order valence-corrected chi connectivity index (χ4v) is 2.43. The van der Waals surface area contributed by atoms with Crippen LogP contribution in [0.15, 0.2) is 4.90 Å². The fourth-order valence-electron chi connectivity index (χ4n) is 1.03. The summed E-state index contributed by atoms with van der Waals surface area (Å²) in [7, 11) is 0.